The van der Waals surface area contributed by atoms with Crippen LogP contribution < -0.4 is 0 Å². The topological polar surface area (TPSA) is 23.5 Å². The highest BCUT2D eigenvalue weighted by molar-refractivity contribution is 4.88. The van der Waals surface area contributed by atoms with E-state index in [0.717, 1.165) is 18.9 Å². The lowest BCUT2D eigenvalue weighted by Gasteiger charge is -2.44. The molecule has 2 heteroatoms. The van der Waals surface area contributed by atoms with E-state index in [1.165, 1.54) is 38.8 Å². The van der Waals surface area contributed by atoms with Gasteiger partial charge in [0.1, 0.15) is 0 Å². The fourth-order valence-corrected chi connectivity index (χ4v) is 4.26. The first-order valence-corrected chi connectivity index (χ1v) is 8.58. The Balaban J connectivity index is 1.93. The maximum atomic E-state index is 10.4. The fourth-order valence-electron chi connectivity index (χ4n) is 4.26. The maximum absolute atomic E-state index is 10.4. The molecule has 3 unspecified atom stereocenters. The van der Waals surface area contributed by atoms with Gasteiger partial charge in [0.15, 0.2) is 0 Å². The molecule has 20 heavy (non-hydrogen) atoms. The Labute approximate surface area is 125 Å². The molecule has 118 valence electrons. The van der Waals surface area contributed by atoms with E-state index in [4.69, 9.17) is 0 Å². The van der Waals surface area contributed by atoms with Gasteiger partial charge in [-0.05, 0) is 61.3 Å². The highest BCUT2D eigenvalue weighted by atomic mass is 16.3. The van der Waals surface area contributed by atoms with Crippen LogP contribution in [0, 0.1) is 22.7 Å². The second kappa shape index (κ2) is 5.96. The van der Waals surface area contributed by atoms with Crippen LogP contribution in [0.1, 0.15) is 66.7 Å². The SMILES string of the molecule is CC1(C)CCCN(CC2CC(C(C)(C)C)CCC2O)C1. The molecule has 2 nitrogen and oxygen atoms in total. The Morgan fingerprint density at radius 3 is 2.50 bits per heavy atom. The minimum absolute atomic E-state index is 0.0707. The van der Waals surface area contributed by atoms with E-state index in [-0.39, 0.29) is 6.10 Å². The van der Waals surface area contributed by atoms with E-state index in [9.17, 15) is 5.11 Å². The molecular weight excluding hydrogens is 246 g/mol. The summed E-state index contributed by atoms with van der Waals surface area (Å²) in [7, 11) is 0. The quantitative estimate of drug-likeness (QED) is 0.829. The van der Waals surface area contributed by atoms with E-state index >= 15 is 0 Å². The molecule has 0 aromatic carbocycles. The number of piperidine rings is 1. The Morgan fingerprint density at radius 1 is 1.20 bits per heavy atom. The van der Waals surface area contributed by atoms with Crippen LogP contribution in [0.4, 0.5) is 0 Å². The van der Waals surface area contributed by atoms with Crippen LogP contribution in [0.25, 0.3) is 0 Å². The summed E-state index contributed by atoms with van der Waals surface area (Å²) in [6.07, 6.45) is 6.01. The molecule has 0 radical (unpaired) electrons. The molecule has 0 amide bonds. The van der Waals surface area contributed by atoms with Crippen molar-refractivity contribution < 1.29 is 5.11 Å². The van der Waals surface area contributed by atoms with Crippen molar-refractivity contribution in [2.45, 2.75) is 72.8 Å². The molecular formula is C18H35NO. The zero-order valence-electron chi connectivity index (χ0n) is 14.3. The van der Waals surface area contributed by atoms with Gasteiger partial charge in [0, 0.05) is 13.1 Å². The van der Waals surface area contributed by atoms with E-state index in [0.29, 0.717) is 16.7 Å². The van der Waals surface area contributed by atoms with E-state index in [1.54, 1.807) is 0 Å². The van der Waals surface area contributed by atoms with Crippen molar-refractivity contribution in [3.63, 3.8) is 0 Å². The van der Waals surface area contributed by atoms with Gasteiger partial charge in [-0.3, -0.25) is 0 Å². The average molecular weight is 281 g/mol. The minimum Gasteiger partial charge on any atom is -0.393 e. The first-order valence-electron chi connectivity index (χ1n) is 8.58. The molecule has 0 aromatic rings. The van der Waals surface area contributed by atoms with Gasteiger partial charge in [0.25, 0.3) is 0 Å². The number of hydrogen-bond acceptors (Lipinski definition) is 2. The molecule has 1 aliphatic carbocycles. The Morgan fingerprint density at radius 2 is 1.90 bits per heavy atom. The fraction of sp³-hybridized carbons (Fsp3) is 1.00. The summed E-state index contributed by atoms with van der Waals surface area (Å²) in [6, 6.07) is 0. The van der Waals surface area contributed by atoms with Gasteiger partial charge in [-0.15, -0.1) is 0 Å². The summed E-state index contributed by atoms with van der Waals surface area (Å²) in [4.78, 5) is 2.61. The zero-order valence-corrected chi connectivity index (χ0v) is 14.3. The van der Waals surface area contributed by atoms with Gasteiger partial charge < -0.3 is 10.0 Å². The molecule has 0 bridgehead atoms. The highest BCUT2D eigenvalue weighted by Gasteiger charge is 2.37. The largest absolute Gasteiger partial charge is 0.393 e. The van der Waals surface area contributed by atoms with Gasteiger partial charge in [-0.25, -0.2) is 0 Å². The van der Waals surface area contributed by atoms with Crippen molar-refractivity contribution in [1.29, 1.82) is 0 Å². The molecule has 0 aromatic heterocycles. The van der Waals surface area contributed by atoms with E-state index in [2.05, 4.69) is 39.5 Å². The van der Waals surface area contributed by atoms with Crippen LogP contribution in [0.2, 0.25) is 0 Å². The number of nitrogens with zero attached hydrogens (tertiary/aromatic N) is 1. The van der Waals surface area contributed by atoms with Crippen molar-refractivity contribution in [1.82, 2.24) is 4.90 Å². The van der Waals surface area contributed by atoms with Crippen molar-refractivity contribution in [2.75, 3.05) is 19.6 Å². The predicted molar refractivity (Wildman–Crippen MR) is 85.7 cm³/mol. The molecule has 1 saturated carbocycles. The smallest absolute Gasteiger partial charge is 0.0580 e. The number of aliphatic hydroxyl groups excluding tert-OH is 1. The lowest BCUT2D eigenvalue weighted by Crippen LogP contribution is -2.46. The van der Waals surface area contributed by atoms with Crippen LogP contribution in [0.15, 0.2) is 0 Å². The second-order valence-corrected chi connectivity index (χ2v) is 9.21. The summed E-state index contributed by atoms with van der Waals surface area (Å²) in [5.74, 6) is 1.26. The van der Waals surface area contributed by atoms with Gasteiger partial charge >= 0.3 is 0 Å². The summed E-state index contributed by atoms with van der Waals surface area (Å²) in [5.41, 5.74) is 0.848. The lowest BCUT2D eigenvalue weighted by atomic mass is 9.68. The van der Waals surface area contributed by atoms with Gasteiger partial charge in [0.05, 0.1) is 6.10 Å². The summed E-state index contributed by atoms with van der Waals surface area (Å²) < 4.78 is 0. The average Bonchev–Trinajstić information content (AvgIpc) is 2.29. The number of hydrogen-bond donors (Lipinski definition) is 1. The lowest BCUT2D eigenvalue weighted by molar-refractivity contribution is -0.00819. The van der Waals surface area contributed by atoms with Crippen molar-refractivity contribution in [3.8, 4) is 0 Å². The van der Waals surface area contributed by atoms with Crippen LogP contribution in [-0.2, 0) is 0 Å². The van der Waals surface area contributed by atoms with Crippen LogP contribution in [-0.4, -0.2) is 35.7 Å². The number of rotatable bonds is 2. The maximum Gasteiger partial charge on any atom is 0.0580 e. The third-order valence-electron chi connectivity index (χ3n) is 5.64. The van der Waals surface area contributed by atoms with Crippen LogP contribution in [0.5, 0.6) is 0 Å². The number of likely N-dealkylation sites (tertiary alicyclic amines) is 1. The molecule has 1 saturated heterocycles. The Hall–Kier alpha value is -0.0800. The summed E-state index contributed by atoms with van der Waals surface area (Å²) in [6.45, 7) is 15.4. The van der Waals surface area contributed by atoms with Crippen molar-refractivity contribution >= 4 is 0 Å². The van der Waals surface area contributed by atoms with E-state index < -0.39 is 0 Å². The van der Waals surface area contributed by atoms with E-state index in [1.807, 2.05) is 0 Å². The molecule has 1 aliphatic heterocycles. The standard InChI is InChI=1S/C18H35NO/c1-17(2,3)15-7-8-16(20)14(11-15)12-19-10-6-9-18(4,5)13-19/h14-16,20H,6-13H2,1-5H3. The first kappa shape index (κ1) is 16.3. The second-order valence-electron chi connectivity index (χ2n) is 9.21. The first-order chi connectivity index (χ1) is 9.17. The minimum atomic E-state index is -0.0707. The van der Waals surface area contributed by atoms with Gasteiger partial charge in [0.2, 0.25) is 0 Å². The zero-order chi connectivity index (χ0) is 15.0. The highest BCUT2D eigenvalue weighted by Crippen LogP contribution is 2.41. The summed E-state index contributed by atoms with van der Waals surface area (Å²) in [5, 5.41) is 10.4. The third-order valence-corrected chi connectivity index (χ3v) is 5.64. The van der Waals surface area contributed by atoms with Crippen LogP contribution in [0.3, 0.4) is 0 Å². The molecule has 3 atom stereocenters. The number of aliphatic hydroxyl groups is 1. The molecule has 1 heterocycles. The molecule has 0 spiro atoms. The predicted octanol–water partition coefficient (Wildman–Crippen LogP) is 3.93. The Kier molecular flexibility index (Phi) is 4.86. The molecule has 2 fully saturated rings. The van der Waals surface area contributed by atoms with Crippen molar-refractivity contribution in [2.24, 2.45) is 22.7 Å². The molecule has 2 rings (SSSR count). The molecule has 2 aliphatic rings. The summed E-state index contributed by atoms with van der Waals surface area (Å²) >= 11 is 0. The van der Waals surface area contributed by atoms with Gasteiger partial charge in [-0.2, -0.15) is 0 Å². The van der Waals surface area contributed by atoms with Crippen molar-refractivity contribution in [3.05, 3.63) is 0 Å². The monoisotopic (exact) mass is 281 g/mol. The normalized spacial score (nSPS) is 36.0. The van der Waals surface area contributed by atoms with Crippen LogP contribution >= 0.6 is 0 Å². The molecule has 1 N–H and O–H groups in total. The third kappa shape index (κ3) is 4.21. The van der Waals surface area contributed by atoms with Gasteiger partial charge in [-0.1, -0.05) is 34.6 Å². The Bertz CT molecular complexity index is 318.